The number of rotatable bonds is 4. The lowest BCUT2D eigenvalue weighted by molar-refractivity contribution is -0.137. The minimum atomic E-state index is -4.59. The molecule has 0 aliphatic carbocycles. The van der Waals surface area contributed by atoms with Crippen molar-refractivity contribution >= 4 is 10.0 Å². The number of primary sulfonamides is 1. The fraction of sp³-hybridized carbons (Fsp3) is 0.182. The van der Waals surface area contributed by atoms with Gasteiger partial charge in [-0.2, -0.15) is 13.2 Å². The first kappa shape index (κ1) is 21.2. The maximum Gasteiger partial charge on any atom is 0.417 e. The molecule has 4 rings (SSSR count). The first-order valence-electron chi connectivity index (χ1n) is 9.21. The van der Waals surface area contributed by atoms with E-state index in [1.807, 2.05) is 0 Å². The van der Waals surface area contributed by atoms with Crippen LogP contribution >= 0.6 is 0 Å². The number of nitrogens with two attached hydrogens (primary N) is 1. The van der Waals surface area contributed by atoms with Gasteiger partial charge in [0.15, 0.2) is 0 Å². The minimum absolute atomic E-state index is 0.0775. The molecule has 0 amide bonds. The van der Waals surface area contributed by atoms with Gasteiger partial charge >= 0.3 is 6.18 Å². The van der Waals surface area contributed by atoms with E-state index in [1.165, 1.54) is 37.4 Å². The number of ether oxygens (including phenoxy) is 2. The molecule has 0 saturated heterocycles. The number of methoxy groups -OCH3 is 1. The van der Waals surface area contributed by atoms with Crippen LogP contribution in [0.4, 0.5) is 13.2 Å². The van der Waals surface area contributed by atoms with Crippen LogP contribution < -0.4 is 14.6 Å². The summed E-state index contributed by atoms with van der Waals surface area (Å²) >= 11 is 0. The molecule has 0 spiro atoms. The van der Waals surface area contributed by atoms with E-state index in [4.69, 9.17) is 14.6 Å². The number of alkyl halides is 3. The van der Waals surface area contributed by atoms with Crippen LogP contribution in [0, 0.1) is 0 Å². The smallest absolute Gasteiger partial charge is 0.417 e. The predicted octanol–water partition coefficient (Wildman–Crippen LogP) is 4.65. The van der Waals surface area contributed by atoms with E-state index in [9.17, 15) is 21.6 Å². The van der Waals surface area contributed by atoms with Crippen molar-refractivity contribution in [3.63, 3.8) is 0 Å². The third-order valence-corrected chi connectivity index (χ3v) is 5.74. The lowest BCUT2D eigenvalue weighted by Gasteiger charge is -2.31. The number of benzene rings is 3. The molecule has 0 radical (unpaired) electrons. The summed E-state index contributed by atoms with van der Waals surface area (Å²) in [5.41, 5.74) is 0.835. The topological polar surface area (TPSA) is 78.6 Å². The summed E-state index contributed by atoms with van der Waals surface area (Å²) in [5, 5.41) is 5.16. The largest absolute Gasteiger partial charge is 0.497 e. The first-order valence-corrected chi connectivity index (χ1v) is 10.9. The van der Waals surface area contributed by atoms with Gasteiger partial charge in [-0.15, -0.1) is 0 Å². The van der Waals surface area contributed by atoms with Gasteiger partial charge in [-0.3, -0.25) is 0 Å². The Labute approximate surface area is 177 Å². The highest BCUT2D eigenvalue weighted by Gasteiger charge is 2.39. The van der Waals surface area contributed by atoms with Crippen molar-refractivity contribution < 1.29 is 31.1 Å². The van der Waals surface area contributed by atoms with Crippen LogP contribution in [0.2, 0.25) is 0 Å². The molecule has 0 aromatic heterocycles. The number of halogens is 3. The average Bonchev–Trinajstić information content (AvgIpc) is 2.70. The summed E-state index contributed by atoms with van der Waals surface area (Å²) < 4.78 is 75.6. The summed E-state index contributed by atoms with van der Waals surface area (Å²) in [5.74, 6) is 0.200. The van der Waals surface area contributed by atoms with Crippen LogP contribution in [0.1, 0.15) is 28.4 Å². The van der Waals surface area contributed by atoms with Crippen LogP contribution in [0.25, 0.3) is 11.1 Å². The summed E-state index contributed by atoms with van der Waals surface area (Å²) in [4.78, 5) is 0. The molecule has 2 N–H and O–H groups in total. The van der Waals surface area contributed by atoms with Crippen LogP contribution in [-0.4, -0.2) is 15.5 Å². The first-order chi connectivity index (χ1) is 14.6. The van der Waals surface area contributed by atoms with Crippen molar-refractivity contribution in [1.29, 1.82) is 0 Å². The summed E-state index contributed by atoms with van der Waals surface area (Å²) in [6.07, 6.45) is -5.35. The number of hydrogen-bond donors (Lipinski definition) is 1. The van der Waals surface area contributed by atoms with Crippen molar-refractivity contribution in [2.24, 2.45) is 5.14 Å². The number of fused-ring (bicyclic) bond motifs is 3. The highest BCUT2D eigenvalue weighted by molar-refractivity contribution is 7.88. The van der Waals surface area contributed by atoms with E-state index < -0.39 is 33.6 Å². The molecule has 5 nitrogen and oxygen atoms in total. The highest BCUT2D eigenvalue weighted by atomic mass is 32.2. The second-order valence-corrected chi connectivity index (χ2v) is 8.79. The van der Waals surface area contributed by atoms with Gasteiger partial charge in [0.25, 0.3) is 0 Å². The Balaban J connectivity index is 1.96. The summed E-state index contributed by atoms with van der Waals surface area (Å²) in [7, 11) is -2.33. The maximum atomic E-state index is 13.7. The normalized spacial score (nSPS) is 15.6. The average molecular weight is 449 g/mol. The van der Waals surface area contributed by atoms with Crippen LogP contribution in [-0.2, 0) is 22.0 Å². The summed E-state index contributed by atoms with van der Waals surface area (Å²) in [6, 6.07) is 15.2. The Hall–Kier alpha value is -3.04. The molecule has 1 aliphatic heterocycles. The Morgan fingerprint density at radius 2 is 1.81 bits per heavy atom. The van der Waals surface area contributed by atoms with Gasteiger partial charge in [-0.25, -0.2) is 13.6 Å². The number of hydrogen-bond acceptors (Lipinski definition) is 4. The van der Waals surface area contributed by atoms with E-state index in [2.05, 4.69) is 0 Å². The molecule has 162 valence electrons. The van der Waals surface area contributed by atoms with Crippen LogP contribution in [0.5, 0.6) is 11.5 Å². The third kappa shape index (κ3) is 4.24. The van der Waals surface area contributed by atoms with Gasteiger partial charge in [-0.05, 0) is 35.4 Å². The second kappa shape index (κ2) is 7.58. The SMILES string of the molecule is COc1cccc(C2Oc3cccc(C(F)(F)F)c3-c3ccc(CS(N)(=O)=O)cc32)c1. The van der Waals surface area contributed by atoms with E-state index in [1.54, 1.807) is 24.3 Å². The molecule has 1 atom stereocenters. The van der Waals surface area contributed by atoms with Crippen molar-refractivity contribution in [3.05, 3.63) is 82.9 Å². The van der Waals surface area contributed by atoms with Gasteiger partial charge in [-0.1, -0.05) is 36.4 Å². The summed E-state index contributed by atoms with van der Waals surface area (Å²) in [6.45, 7) is 0. The fourth-order valence-corrected chi connectivity index (χ4v) is 4.41. The lowest BCUT2D eigenvalue weighted by Crippen LogP contribution is -2.20. The molecule has 0 saturated carbocycles. The molecule has 3 aromatic carbocycles. The third-order valence-electron chi connectivity index (χ3n) is 5.01. The molecule has 1 aliphatic rings. The minimum Gasteiger partial charge on any atom is -0.497 e. The zero-order chi connectivity index (χ0) is 22.4. The van der Waals surface area contributed by atoms with Crippen molar-refractivity contribution in [2.75, 3.05) is 7.11 Å². The molecule has 9 heteroatoms. The predicted molar refractivity (Wildman–Crippen MR) is 109 cm³/mol. The monoisotopic (exact) mass is 449 g/mol. The van der Waals surface area contributed by atoms with Gasteiger partial charge in [0.05, 0.1) is 18.4 Å². The Kier molecular flexibility index (Phi) is 5.18. The van der Waals surface area contributed by atoms with Gasteiger partial charge < -0.3 is 9.47 Å². The quantitative estimate of drug-likeness (QED) is 0.629. The molecule has 1 unspecified atom stereocenters. The van der Waals surface area contributed by atoms with E-state index >= 15 is 0 Å². The lowest BCUT2D eigenvalue weighted by atomic mass is 9.86. The van der Waals surface area contributed by atoms with Crippen LogP contribution in [0.3, 0.4) is 0 Å². The van der Waals surface area contributed by atoms with Crippen molar-refractivity contribution in [1.82, 2.24) is 0 Å². The molecule has 0 fully saturated rings. The van der Waals surface area contributed by atoms with Crippen LogP contribution in [0.15, 0.2) is 60.7 Å². The Morgan fingerprint density at radius 1 is 1.06 bits per heavy atom. The Morgan fingerprint density at radius 3 is 2.48 bits per heavy atom. The molecule has 1 heterocycles. The zero-order valence-electron chi connectivity index (χ0n) is 16.3. The van der Waals surface area contributed by atoms with E-state index in [0.29, 0.717) is 28.0 Å². The molecular weight excluding hydrogens is 431 g/mol. The van der Waals surface area contributed by atoms with Gasteiger partial charge in [0, 0.05) is 16.7 Å². The molecular formula is C22H18F3NO4S. The van der Waals surface area contributed by atoms with E-state index in [-0.39, 0.29) is 11.3 Å². The van der Waals surface area contributed by atoms with Gasteiger partial charge in [0.1, 0.15) is 17.6 Å². The van der Waals surface area contributed by atoms with Gasteiger partial charge in [0.2, 0.25) is 10.0 Å². The standard InChI is InChI=1S/C22H18F3NO4S/c1-29-15-5-2-4-14(11-15)21-17-10-13(12-31(26,27)28)8-9-16(17)20-18(22(23,24)25)6-3-7-19(20)30-21/h2-11,21H,12H2,1H3,(H2,26,27,28). The fourth-order valence-electron chi connectivity index (χ4n) is 3.76. The molecule has 3 aromatic rings. The van der Waals surface area contributed by atoms with Crippen molar-refractivity contribution in [2.45, 2.75) is 18.0 Å². The molecule has 0 bridgehead atoms. The second-order valence-electron chi connectivity index (χ2n) is 7.18. The maximum absolute atomic E-state index is 13.7. The zero-order valence-corrected chi connectivity index (χ0v) is 17.1. The highest BCUT2D eigenvalue weighted by Crippen LogP contribution is 2.50. The number of sulfonamides is 1. The van der Waals surface area contributed by atoms with E-state index in [0.717, 1.165) is 6.07 Å². The van der Waals surface area contributed by atoms with Crippen molar-refractivity contribution in [3.8, 4) is 22.6 Å². The molecule has 31 heavy (non-hydrogen) atoms. The Bertz CT molecular complexity index is 1260.